The monoisotopic (exact) mass is 507 g/mol. The van der Waals surface area contributed by atoms with Gasteiger partial charge in [0.2, 0.25) is 0 Å². The van der Waals surface area contributed by atoms with Gasteiger partial charge in [0.05, 0.1) is 20.8 Å². The highest BCUT2D eigenvalue weighted by Gasteiger charge is 2.13. The predicted molar refractivity (Wildman–Crippen MR) is 112 cm³/mol. The van der Waals surface area contributed by atoms with E-state index in [0.29, 0.717) is 20.7 Å². The number of carbonyl (C=O) groups is 1. The van der Waals surface area contributed by atoms with Crippen LogP contribution in [0.15, 0.2) is 36.4 Å². The van der Waals surface area contributed by atoms with Gasteiger partial charge in [0.1, 0.15) is 0 Å². The van der Waals surface area contributed by atoms with E-state index in [-0.39, 0.29) is 11.0 Å². The Balaban J connectivity index is 1.72. The summed E-state index contributed by atoms with van der Waals surface area (Å²) in [7, 11) is 0. The molecule has 2 aromatic carbocycles. The van der Waals surface area contributed by atoms with E-state index in [1.807, 2.05) is 18.2 Å². The molecule has 0 aliphatic heterocycles. The fourth-order valence-electron chi connectivity index (χ4n) is 1.92. The largest absolute Gasteiger partial charge is 0.308 e. The molecule has 3 rings (SSSR count). The molecule has 3 aromatic rings. The molecule has 4 nitrogen and oxygen atoms in total. The lowest BCUT2D eigenvalue weighted by atomic mass is 10.2. The second-order valence-corrected chi connectivity index (χ2v) is 8.19. The molecule has 0 aliphatic carbocycles. The number of aromatic nitrogens is 1. The van der Waals surface area contributed by atoms with Gasteiger partial charge in [-0.25, -0.2) is 4.98 Å². The number of halogens is 3. The molecule has 0 atom stereocenters. The Morgan fingerprint density at radius 1 is 1.21 bits per heavy atom. The van der Waals surface area contributed by atoms with Crippen molar-refractivity contribution in [2.75, 3.05) is 5.32 Å². The van der Waals surface area contributed by atoms with Gasteiger partial charge in [0.25, 0.3) is 5.91 Å². The summed E-state index contributed by atoms with van der Waals surface area (Å²) in [5.74, 6) is -0.375. The van der Waals surface area contributed by atoms with Crippen LogP contribution in [0.3, 0.4) is 0 Å². The van der Waals surface area contributed by atoms with Gasteiger partial charge < -0.3 is 5.32 Å². The van der Waals surface area contributed by atoms with Crippen molar-refractivity contribution in [3.8, 4) is 0 Å². The van der Waals surface area contributed by atoms with E-state index in [4.69, 9.17) is 35.4 Å². The normalized spacial score (nSPS) is 10.6. The molecule has 1 aromatic heterocycles. The molecule has 1 amide bonds. The summed E-state index contributed by atoms with van der Waals surface area (Å²) in [5.41, 5.74) is 1.17. The Morgan fingerprint density at radius 2 is 2.00 bits per heavy atom. The average molecular weight is 508 g/mol. The summed E-state index contributed by atoms with van der Waals surface area (Å²) in [6.07, 6.45) is 0. The smallest absolute Gasteiger partial charge is 0.258 e. The Bertz CT molecular complexity index is 961. The summed E-state index contributed by atoms with van der Waals surface area (Å²) >= 11 is 20.7. The topological polar surface area (TPSA) is 54.0 Å². The summed E-state index contributed by atoms with van der Waals surface area (Å²) in [5, 5.41) is 7.24. The van der Waals surface area contributed by atoms with E-state index in [1.54, 1.807) is 18.2 Å². The number of rotatable bonds is 2. The van der Waals surface area contributed by atoms with Crippen LogP contribution in [-0.2, 0) is 0 Å². The van der Waals surface area contributed by atoms with Gasteiger partial charge >= 0.3 is 0 Å². The predicted octanol–water partition coefficient (Wildman–Crippen LogP) is 5.33. The molecule has 9 heteroatoms. The van der Waals surface area contributed by atoms with Gasteiger partial charge in [0, 0.05) is 8.59 Å². The van der Waals surface area contributed by atoms with Gasteiger partial charge in [-0.3, -0.25) is 10.1 Å². The lowest BCUT2D eigenvalue weighted by Gasteiger charge is -2.08. The number of nitrogens with zero attached hydrogens (tertiary/aromatic N) is 1. The molecule has 0 saturated heterocycles. The molecule has 0 radical (unpaired) electrons. The minimum Gasteiger partial charge on any atom is -0.308 e. The molecule has 24 heavy (non-hydrogen) atoms. The number of thiazole rings is 1. The number of anilines is 1. The maximum atomic E-state index is 12.3. The zero-order valence-corrected chi connectivity index (χ0v) is 17.1. The number of amides is 1. The molecular formula is C15H8Cl2IN3OS2. The summed E-state index contributed by atoms with van der Waals surface area (Å²) in [6, 6.07) is 10.6. The van der Waals surface area contributed by atoms with Crippen LogP contribution in [0.1, 0.15) is 10.4 Å². The van der Waals surface area contributed by atoms with Crippen molar-refractivity contribution < 1.29 is 4.79 Å². The number of hydrogen-bond donors (Lipinski definition) is 2. The van der Waals surface area contributed by atoms with E-state index in [9.17, 15) is 4.79 Å². The lowest BCUT2D eigenvalue weighted by Crippen LogP contribution is -2.34. The van der Waals surface area contributed by atoms with E-state index in [0.717, 1.165) is 13.8 Å². The van der Waals surface area contributed by atoms with Gasteiger partial charge in [-0.2, -0.15) is 0 Å². The van der Waals surface area contributed by atoms with E-state index in [2.05, 4.69) is 38.2 Å². The molecule has 122 valence electrons. The van der Waals surface area contributed by atoms with Crippen molar-refractivity contribution in [2.45, 2.75) is 0 Å². The molecule has 2 N–H and O–H groups in total. The Labute approximate surface area is 170 Å². The van der Waals surface area contributed by atoms with Crippen LogP contribution in [0.4, 0.5) is 5.13 Å². The minimum atomic E-state index is -0.375. The highest BCUT2D eigenvalue weighted by molar-refractivity contribution is 14.1. The van der Waals surface area contributed by atoms with E-state index >= 15 is 0 Å². The molecule has 0 spiro atoms. The molecule has 0 fully saturated rings. The molecular weight excluding hydrogens is 500 g/mol. The molecule has 0 aliphatic rings. The zero-order valence-electron chi connectivity index (χ0n) is 11.8. The van der Waals surface area contributed by atoms with Crippen LogP contribution in [0.5, 0.6) is 0 Å². The third-order valence-electron chi connectivity index (χ3n) is 2.97. The van der Waals surface area contributed by atoms with Crippen molar-refractivity contribution >= 4 is 95.7 Å². The van der Waals surface area contributed by atoms with Crippen molar-refractivity contribution in [3.63, 3.8) is 0 Å². The SMILES string of the molecule is O=C(NC(=S)Nc1nc2ccc(Cl)cc2s1)c1cc(I)ccc1Cl. The second kappa shape index (κ2) is 7.49. The minimum absolute atomic E-state index is 0.153. The maximum absolute atomic E-state index is 12.3. The second-order valence-electron chi connectivity index (χ2n) is 4.66. The fraction of sp³-hybridized carbons (Fsp3) is 0. The highest BCUT2D eigenvalue weighted by atomic mass is 127. The third-order valence-corrected chi connectivity index (χ3v) is 5.34. The standard InChI is InChI=1S/C15H8Cl2IN3OS2/c16-7-1-4-11-12(5-7)24-15(19-11)21-14(23)20-13(22)9-6-8(18)2-3-10(9)17/h1-6H,(H2,19,20,21,22,23). The quantitative estimate of drug-likeness (QED) is 0.363. The van der Waals surface area contributed by atoms with Gasteiger partial charge in [0.15, 0.2) is 10.2 Å². The first-order valence-electron chi connectivity index (χ1n) is 6.56. The first kappa shape index (κ1) is 17.8. The Hall–Kier alpha value is -1.000. The lowest BCUT2D eigenvalue weighted by molar-refractivity contribution is 0.0978. The maximum Gasteiger partial charge on any atom is 0.258 e. The van der Waals surface area contributed by atoms with Gasteiger partial charge in [-0.05, 0) is 71.2 Å². The molecule has 0 unspecified atom stereocenters. The number of carbonyl (C=O) groups excluding carboxylic acids is 1. The summed E-state index contributed by atoms with van der Waals surface area (Å²) in [6.45, 7) is 0. The van der Waals surface area contributed by atoms with Crippen LogP contribution in [0, 0.1) is 3.57 Å². The van der Waals surface area contributed by atoms with Gasteiger partial charge in [-0.1, -0.05) is 34.5 Å². The average Bonchev–Trinajstić information content (AvgIpc) is 2.90. The number of hydrogen-bond acceptors (Lipinski definition) is 4. The van der Waals surface area contributed by atoms with Crippen molar-refractivity contribution in [1.29, 1.82) is 0 Å². The van der Waals surface area contributed by atoms with E-state index < -0.39 is 0 Å². The third kappa shape index (κ3) is 4.15. The number of thiocarbonyl (C=S) groups is 1. The summed E-state index contributed by atoms with van der Waals surface area (Å²) < 4.78 is 1.84. The van der Waals surface area contributed by atoms with Crippen LogP contribution in [-0.4, -0.2) is 16.0 Å². The van der Waals surface area contributed by atoms with Gasteiger partial charge in [-0.15, -0.1) is 0 Å². The molecule has 0 bridgehead atoms. The zero-order chi connectivity index (χ0) is 17.3. The Kier molecular flexibility index (Phi) is 5.56. The Morgan fingerprint density at radius 3 is 2.79 bits per heavy atom. The van der Waals surface area contributed by atoms with Crippen LogP contribution < -0.4 is 10.6 Å². The molecule has 1 heterocycles. The van der Waals surface area contributed by atoms with Crippen molar-refractivity contribution in [1.82, 2.24) is 10.3 Å². The van der Waals surface area contributed by atoms with Crippen LogP contribution >= 0.6 is 69.3 Å². The number of nitrogens with one attached hydrogen (secondary N) is 2. The van der Waals surface area contributed by atoms with E-state index in [1.165, 1.54) is 11.3 Å². The van der Waals surface area contributed by atoms with Crippen molar-refractivity contribution in [3.05, 3.63) is 55.6 Å². The van der Waals surface area contributed by atoms with Crippen molar-refractivity contribution in [2.24, 2.45) is 0 Å². The summed E-state index contributed by atoms with van der Waals surface area (Å²) in [4.78, 5) is 16.7. The highest BCUT2D eigenvalue weighted by Crippen LogP contribution is 2.28. The molecule has 0 saturated carbocycles. The fourth-order valence-corrected chi connectivity index (χ4v) is 4.02. The van der Waals surface area contributed by atoms with Crippen LogP contribution in [0.25, 0.3) is 10.2 Å². The number of fused-ring (bicyclic) bond motifs is 1. The first-order valence-corrected chi connectivity index (χ1v) is 9.62. The van der Waals surface area contributed by atoms with Crippen LogP contribution in [0.2, 0.25) is 10.0 Å². The number of benzene rings is 2. The first-order chi connectivity index (χ1) is 11.4.